The van der Waals surface area contributed by atoms with E-state index in [0.717, 1.165) is 44.1 Å². The van der Waals surface area contributed by atoms with Gasteiger partial charge in [0.15, 0.2) is 5.82 Å². The van der Waals surface area contributed by atoms with E-state index in [0.29, 0.717) is 12.0 Å². The quantitative estimate of drug-likeness (QED) is 0.885. The Balaban J connectivity index is 1.56. The molecular formula is C15H23N5O. The van der Waals surface area contributed by atoms with Crippen LogP contribution in [0.5, 0.6) is 0 Å². The Morgan fingerprint density at radius 3 is 3.10 bits per heavy atom. The highest BCUT2D eigenvalue weighted by Crippen LogP contribution is 2.30. The summed E-state index contributed by atoms with van der Waals surface area (Å²) in [5.74, 6) is 1.90. The Hall–Kier alpha value is -1.69. The Kier molecular flexibility index (Phi) is 4.34. The van der Waals surface area contributed by atoms with Crippen molar-refractivity contribution in [3.8, 4) is 0 Å². The van der Waals surface area contributed by atoms with Gasteiger partial charge in [-0.25, -0.2) is 0 Å². The van der Waals surface area contributed by atoms with Crippen molar-refractivity contribution in [2.24, 2.45) is 0 Å². The van der Waals surface area contributed by atoms with Crippen LogP contribution in [-0.2, 0) is 6.42 Å². The van der Waals surface area contributed by atoms with Crippen molar-refractivity contribution < 1.29 is 4.52 Å². The lowest BCUT2D eigenvalue weighted by Crippen LogP contribution is -2.25. The highest BCUT2D eigenvalue weighted by Gasteiger charge is 2.29. The van der Waals surface area contributed by atoms with Crippen molar-refractivity contribution in [3.05, 3.63) is 29.7 Å². The van der Waals surface area contributed by atoms with Crippen molar-refractivity contribution >= 4 is 0 Å². The minimum Gasteiger partial charge on any atom is -0.339 e. The van der Waals surface area contributed by atoms with Gasteiger partial charge in [0.1, 0.15) is 0 Å². The molecular weight excluding hydrogens is 266 g/mol. The summed E-state index contributed by atoms with van der Waals surface area (Å²) in [6, 6.07) is 0.325. The molecule has 0 aromatic carbocycles. The number of aromatic nitrogens is 4. The lowest BCUT2D eigenvalue weighted by Gasteiger charge is -2.21. The lowest BCUT2D eigenvalue weighted by molar-refractivity contribution is 0.239. The molecule has 1 fully saturated rings. The number of aromatic amines is 1. The van der Waals surface area contributed by atoms with Crippen LogP contribution in [0.4, 0.5) is 0 Å². The van der Waals surface area contributed by atoms with Gasteiger partial charge in [0.2, 0.25) is 5.89 Å². The molecule has 6 heteroatoms. The fraction of sp³-hybridized carbons (Fsp3) is 0.667. The van der Waals surface area contributed by atoms with Crippen LogP contribution < -0.4 is 0 Å². The Morgan fingerprint density at radius 1 is 1.48 bits per heavy atom. The average molecular weight is 289 g/mol. The van der Waals surface area contributed by atoms with Crippen LogP contribution in [-0.4, -0.2) is 38.3 Å². The second kappa shape index (κ2) is 6.39. The largest absolute Gasteiger partial charge is 0.339 e. The fourth-order valence-corrected chi connectivity index (χ4v) is 2.90. The van der Waals surface area contributed by atoms with Gasteiger partial charge in [-0.3, -0.25) is 10.00 Å². The molecule has 1 N–H and O–H groups in total. The Morgan fingerprint density at radius 2 is 2.38 bits per heavy atom. The predicted octanol–water partition coefficient (Wildman–Crippen LogP) is 2.69. The first kappa shape index (κ1) is 14.3. The molecule has 1 atom stereocenters. The molecule has 0 radical (unpaired) electrons. The number of aryl methyl sites for hydroxylation is 1. The SMILES string of the molecule is CC(C)c1nc([C@@H]2CCCN2CCCc2cn[nH]c2)no1. The first-order valence-corrected chi connectivity index (χ1v) is 7.79. The van der Waals surface area contributed by atoms with Crippen LogP contribution in [0.25, 0.3) is 0 Å². The maximum Gasteiger partial charge on any atom is 0.229 e. The molecule has 2 aromatic rings. The topological polar surface area (TPSA) is 70.8 Å². The van der Waals surface area contributed by atoms with Crippen LogP contribution in [0.15, 0.2) is 16.9 Å². The zero-order valence-electron chi connectivity index (χ0n) is 12.7. The predicted molar refractivity (Wildman–Crippen MR) is 78.8 cm³/mol. The monoisotopic (exact) mass is 289 g/mol. The molecule has 0 saturated carbocycles. The van der Waals surface area contributed by atoms with E-state index in [9.17, 15) is 0 Å². The van der Waals surface area contributed by atoms with E-state index in [-0.39, 0.29) is 0 Å². The highest BCUT2D eigenvalue weighted by molar-refractivity contribution is 5.03. The minimum absolute atomic E-state index is 0.294. The molecule has 1 aliphatic rings. The minimum atomic E-state index is 0.294. The number of H-pyrrole nitrogens is 1. The van der Waals surface area contributed by atoms with Crippen molar-refractivity contribution in [2.75, 3.05) is 13.1 Å². The van der Waals surface area contributed by atoms with Crippen LogP contribution in [0.1, 0.15) is 62.3 Å². The van der Waals surface area contributed by atoms with Gasteiger partial charge < -0.3 is 4.52 Å². The van der Waals surface area contributed by atoms with Crippen LogP contribution >= 0.6 is 0 Å². The molecule has 114 valence electrons. The summed E-state index contributed by atoms with van der Waals surface area (Å²) < 4.78 is 5.35. The van der Waals surface area contributed by atoms with Crippen molar-refractivity contribution in [1.29, 1.82) is 0 Å². The van der Waals surface area contributed by atoms with E-state index in [1.54, 1.807) is 0 Å². The lowest BCUT2D eigenvalue weighted by atomic mass is 10.1. The molecule has 0 aliphatic carbocycles. The van der Waals surface area contributed by atoms with E-state index in [2.05, 4.69) is 39.1 Å². The molecule has 3 heterocycles. The maximum atomic E-state index is 5.35. The first-order valence-electron chi connectivity index (χ1n) is 7.79. The number of hydrogen-bond donors (Lipinski definition) is 1. The Bertz CT molecular complexity index is 548. The van der Waals surface area contributed by atoms with Gasteiger partial charge in [0.05, 0.1) is 12.2 Å². The number of likely N-dealkylation sites (tertiary alicyclic amines) is 1. The molecule has 21 heavy (non-hydrogen) atoms. The summed E-state index contributed by atoms with van der Waals surface area (Å²) in [5, 5.41) is 11.0. The zero-order valence-corrected chi connectivity index (χ0v) is 12.7. The molecule has 1 saturated heterocycles. The van der Waals surface area contributed by atoms with Gasteiger partial charge in [-0.15, -0.1) is 0 Å². The molecule has 0 spiro atoms. The zero-order chi connectivity index (χ0) is 14.7. The third kappa shape index (κ3) is 3.32. The van der Waals surface area contributed by atoms with Crippen molar-refractivity contribution in [3.63, 3.8) is 0 Å². The van der Waals surface area contributed by atoms with E-state index < -0.39 is 0 Å². The number of nitrogens with zero attached hydrogens (tertiary/aromatic N) is 4. The molecule has 1 aliphatic heterocycles. The van der Waals surface area contributed by atoms with Gasteiger partial charge in [0.25, 0.3) is 0 Å². The highest BCUT2D eigenvalue weighted by atomic mass is 16.5. The van der Waals surface area contributed by atoms with Crippen LogP contribution in [0.2, 0.25) is 0 Å². The number of hydrogen-bond acceptors (Lipinski definition) is 5. The van der Waals surface area contributed by atoms with Gasteiger partial charge in [0, 0.05) is 12.1 Å². The van der Waals surface area contributed by atoms with E-state index >= 15 is 0 Å². The smallest absolute Gasteiger partial charge is 0.229 e. The van der Waals surface area contributed by atoms with Gasteiger partial charge in [-0.1, -0.05) is 19.0 Å². The Labute approximate surface area is 124 Å². The fourth-order valence-electron chi connectivity index (χ4n) is 2.90. The number of rotatable bonds is 6. The van der Waals surface area contributed by atoms with Gasteiger partial charge in [-0.05, 0) is 44.3 Å². The second-order valence-electron chi connectivity index (χ2n) is 6.05. The summed E-state index contributed by atoms with van der Waals surface area (Å²) in [4.78, 5) is 7.05. The third-order valence-electron chi connectivity index (χ3n) is 4.08. The summed E-state index contributed by atoms with van der Waals surface area (Å²) in [7, 11) is 0. The van der Waals surface area contributed by atoms with Gasteiger partial charge >= 0.3 is 0 Å². The molecule has 6 nitrogen and oxygen atoms in total. The average Bonchev–Trinajstić information content (AvgIpc) is 3.20. The summed E-state index contributed by atoms with van der Waals surface area (Å²) in [5.41, 5.74) is 1.27. The number of nitrogens with one attached hydrogen (secondary N) is 1. The summed E-state index contributed by atoms with van der Waals surface area (Å²) >= 11 is 0. The molecule has 0 amide bonds. The third-order valence-corrected chi connectivity index (χ3v) is 4.08. The summed E-state index contributed by atoms with van der Waals surface area (Å²) in [6.45, 7) is 6.35. The van der Waals surface area contributed by atoms with Crippen molar-refractivity contribution in [2.45, 2.75) is 51.5 Å². The molecule has 2 aromatic heterocycles. The van der Waals surface area contributed by atoms with Gasteiger partial charge in [-0.2, -0.15) is 10.1 Å². The maximum absolute atomic E-state index is 5.35. The normalized spacial score (nSPS) is 19.7. The van der Waals surface area contributed by atoms with E-state index in [4.69, 9.17) is 4.52 Å². The molecule has 0 unspecified atom stereocenters. The molecule has 0 bridgehead atoms. The first-order chi connectivity index (χ1) is 10.2. The van der Waals surface area contributed by atoms with E-state index in [1.807, 2.05) is 12.4 Å². The van der Waals surface area contributed by atoms with E-state index in [1.165, 1.54) is 12.0 Å². The van der Waals surface area contributed by atoms with Crippen LogP contribution in [0, 0.1) is 0 Å². The standard InChI is InChI=1S/C15H23N5O/c1-11(2)15-18-14(19-21-15)13-6-4-8-20(13)7-3-5-12-9-16-17-10-12/h9-11,13H,3-8H2,1-2H3,(H,16,17)/t13-/m0/s1. The van der Waals surface area contributed by atoms with Crippen molar-refractivity contribution in [1.82, 2.24) is 25.2 Å². The summed E-state index contributed by atoms with van der Waals surface area (Å²) in [6.07, 6.45) is 8.39. The molecule has 3 rings (SSSR count). The van der Waals surface area contributed by atoms with Crippen LogP contribution in [0.3, 0.4) is 0 Å². The second-order valence-corrected chi connectivity index (χ2v) is 6.05.